The number of carboxylic acids is 1. The molecule has 0 aliphatic heterocycles. The van der Waals surface area contributed by atoms with Crippen LogP contribution in [-0.2, 0) is 0 Å². The maximum absolute atomic E-state index is 11.7. The lowest BCUT2D eigenvalue weighted by molar-refractivity contribution is 0.0693. The van der Waals surface area contributed by atoms with Crippen molar-refractivity contribution in [3.8, 4) is 5.75 Å². The molecule has 0 fully saturated rings. The Balaban J connectivity index is 2.86. The quantitative estimate of drug-likeness (QED) is 0.629. The number of carboxylic acid groups (broad SMARTS) is 1. The average molecular weight is 266 g/mol. The lowest BCUT2D eigenvalue weighted by atomic mass is 10.0. The summed E-state index contributed by atoms with van der Waals surface area (Å²) in [6.07, 6.45) is 0.738. The van der Waals surface area contributed by atoms with Gasteiger partial charge in [-0.05, 0) is 32.4 Å². The predicted molar refractivity (Wildman–Crippen MR) is 71.6 cm³/mol. The van der Waals surface area contributed by atoms with Gasteiger partial charge in [-0.25, -0.2) is 9.59 Å². The van der Waals surface area contributed by atoms with Crippen molar-refractivity contribution in [1.29, 1.82) is 0 Å². The van der Waals surface area contributed by atoms with Crippen molar-refractivity contribution in [3.05, 3.63) is 23.8 Å². The van der Waals surface area contributed by atoms with E-state index in [1.807, 2.05) is 20.8 Å². The van der Waals surface area contributed by atoms with Crippen LogP contribution in [0.3, 0.4) is 0 Å². The number of nitrogens with one attached hydrogen (secondary N) is 2. The Bertz CT molecular complexity index is 497. The van der Waals surface area contributed by atoms with Crippen LogP contribution in [0.4, 0.5) is 10.5 Å². The monoisotopic (exact) mass is 266 g/mol. The minimum Gasteiger partial charge on any atom is -0.505 e. The van der Waals surface area contributed by atoms with E-state index >= 15 is 0 Å². The maximum Gasteiger partial charge on any atom is 0.339 e. The molecule has 0 bridgehead atoms. The van der Waals surface area contributed by atoms with Gasteiger partial charge in [0.1, 0.15) is 5.56 Å². The third-order valence-corrected chi connectivity index (χ3v) is 2.85. The molecular formula is C13H18N2O4. The average Bonchev–Trinajstić information content (AvgIpc) is 2.30. The third-order valence-electron chi connectivity index (χ3n) is 2.85. The molecule has 19 heavy (non-hydrogen) atoms. The Kier molecular flexibility index (Phi) is 4.37. The van der Waals surface area contributed by atoms with E-state index in [9.17, 15) is 14.7 Å². The van der Waals surface area contributed by atoms with Gasteiger partial charge in [-0.1, -0.05) is 13.0 Å². The molecule has 2 amide bonds. The largest absolute Gasteiger partial charge is 0.505 e. The standard InChI is InChI=1S/C13H18N2O4/c1-4-13(2,3)15-12(19)14-9-7-5-6-8(10(9)16)11(17)18/h5-7,16H,4H2,1-3H3,(H,17,18)(H2,14,15,19). The van der Waals surface area contributed by atoms with Crippen molar-refractivity contribution < 1.29 is 19.8 Å². The van der Waals surface area contributed by atoms with Gasteiger partial charge < -0.3 is 20.8 Å². The molecule has 0 aliphatic rings. The van der Waals surface area contributed by atoms with E-state index in [0.717, 1.165) is 6.42 Å². The molecule has 6 nitrogen and oxygen atoms in total. The molecular weight excluding hydrogens is 248 g/mol. The second-order valence-electron chi connectivity index (χ2n) is 4.82. The van der Waals surface area contributed by atoms with Crippen LogP contribution in [0.5, 0.6) is 5.75 Å². The van der Waals surface area contributed by atoms with E-state index in [0.29, 0.717) is 0 Å². The fourth-order valence-electron chi connectivity index (χ4n) is 1.37. The molecule has 0 saturated carbocycles. The summed E-state index contributed by atoms with van der Waals surface area (Å²) in [5.74, 6) is -1.71. The summed E-state index contributed by atoms with van der Waals surface area (Å²) in [6, 6.07) is 3.64. The minimum atomic E-state index is -1.25. The van der Waals surface area contributed by atoms with Crippen LogP contribution >= 0.6 is 0 Å². The molecule has 0 radical (unpaired) electrons. The predicted octanol–water partition coefficient (Wildman–Crippen LogP) is 2.40. The highest BCUT2D eigenvalue weighted by molar-refractivity contribution is 5.97. The van der Waals surface area contributed by atoms with E-state index < -0.39 is 17.7 Å². The Morgan fingerprint density at radius 3 is 2.47 bits per heavy atom. The number of aromatic carboxylic acids is 1. The number of benzene rings is 1. The molecule has 0 atom stereocenters. The molecule has 6 heteroatoms. The van der Waals surface area contributed by atoms with Crippen LogP contribution in [0.25, 0.3) is 0 Å². The van der Waals surface area contributed by atoms with Gasteiger partial charge in [0.05, 0.1) is 5.69 Å². The summed E-state index contributed by atoms with van der Waals surface area (Å²) in [7, 11) is 0. The lowest BCUT2D eigenvalue weighted by Crippen LogP contribution is -2.45. The van der Waals surface area contributed by atoms with Crippen molar-refractivity contribution in [2.24, 2.45) is 0 Å². The zero-order valence-corrected chi connectivity index (χ0v) is 11.2. The number of phenols is 1. The highest BCUT2D eigenvalue weighted by Gasteiger charge is 2.19. The van der Waals surface area contributed by atoms with Crippen molar-refractivity contribution in [3.63, 3.8) is 0 Å². The van der Waals surface area contributed by atoms with Crippen molar-refractivity contribution in [1.82, 2.24) is 5.32 Å². The van der Waals surface area contributed by atoms with E-state index in [4.69, 9.17) is 5.11 Å². The van der Waals surface area contributed by atoms with Crippen LogP contribution < -0.4 is 10.6 Å². The van der Waals surface area contributed by atoms with E-state index in [1.165, 1.54) is 18.2 Å². The van der Waals surface area contributed by atoms with Crippen molar-refractivity contribution in [2.75, 3.05) is 5.32 Å². The SMILES string of the molecule is CCC(C)(C)NC(=O)Nc1cccc(C(=O)O)c1O. The number of hydrogen-bond acceptors (Lipinski definition) is 3. The number of aromatic hydroxyl groups is 1. The van der Waals surface area contributed by atoms with Gasteiger partial charge in [0.25, 0.3) is 0 Å². The second kappa shape index (κ2) is 5.60. The summed E-state index contributed by atoms with van der Waals surface area (Å²) >= 11 is 0. The van der Waals surface area contributed by atoms with Gasteiger partial charge in [0, 0.05) is 5.54 Å². The number of urea groups is 1. The number of para-hydroxylation sites is 1. The number of carbonyl (C=O) groups excluding carboxylic acids is 1. The fraction of sp³-hybridized carbons (Fsp3) is 0.385. The first kappa shape index (κ1) is 14.8. The summed E-state index contributed by atoms with van der Waals surface area (Å²) in [4.78, 5) is 22.6. The molecule has 104 valence electrons. The maximum atomic E-state index is 11.7. The van der Waals surface area contributed by atoms with E-state index in [1.54, 1.807) is 0 Å². The molecule has 0 saturated heterocycles. The third kappa shape index (κ3) is 3.87. The van der Waals surface area contributed by atoms with Gasteiger partial charge in [0.2, 0.25) is 0 Å². The van der Waals surface area contributed by atoms with Crippen LogP contribution in [0.2, 0.25) is 0 Å². The molecule has 1 aromatic carbocycles. The Hall–Kier alpha value is -2.24. The molecule has 1 aromatic rings. The number of rotatable bonds is 4. The number of anilines is 1. The minimum absolute atomic E-state index is 0.0595. The smallest absolute Gasteiger partial charge is 0.339 e. The molecule has 0 aliphatic carbocycles. The van der Waals surface area contributed by atoms with E-state index in [2.05, 4.69) is 10.6 Å². The Morgan fingerprint density at radius 1 is 1.32 bits per heavy atom. The molecule has 0 unspecified atom stereocenters. The van der Waals surface area contributed by atoms with Gasteiger partial charge in [-0.2, -0.15) is 0 Å². The Morgan fingerprint density at radius 2 is 1.95 bits per heavy atom. The van der Waals surface area contributed by atoms with E-state index in [-0.39, 0.29) is 16.8 Å². The van der Waals surface area contributed by atoms with Crippen LogP contribution in [0, 0.1) is 0 Å². The first-order valence-corrected chi connectivity index (χ1v) is 5.91. The van der Waals surface area contributed by atoms with Gasteiger partial charge >= 0.3 is 12.0 Å². The number of carbonyl (C=O) groups is 2. The number of amides is 2. The highest BCUT2D eigenvalue weighted by atomic mass is 16.4. The summed E-state index contributed by atoms with van der Waals surface area (Å²) < 4.78 is 0. The van der Waals surface area contributed by atoms with Crippen molar-refractivity contribution in [2.45, 2.75) is 32.7 Å². The molecule has 4 N–H and O–H groups in total. The van der Waals surface area contributed by atoms with Gasteiger partial charge in [0.15, 0.2) is 5.75 Å². The zero-order valence-electron chi connectivity index (χ0n) is 11.2. The molecule has 1 rings (SSSR count). The van der Waals surface area contributed by atoms with Gasteiger partial charge in [-0.15, -0.1) is 0 Å². The Labute approximate surface area is 111 Å². The summed E-state index contributed by atoms with van der Waals surface area (Å²) in [5, 5.41) is 23.8. The first-order valence-electron chi connectivity index (χ1n) is 5.91. The van der Waals surface area contributed by atoms with Crippen LogP contribution in [0.15, 0.2) is 18.2 Å². The number of hydrogen-bond donors (Lipinski definition) is 4. The molecule has 0 spiro atoms. The first-order chi connectivity index (χ1) is 8.76. The fourth-order valence-corrected chi connectivity index (χ4v) is 1.37. The topological polar surface area (TPSA) is 98.7 Å². The second-order valence-corrected chi connectivity index (χ2v) is 4.82. The normalized spacial score (nSPS) is 10.9. The molecule has 0 aromatic heterocycles. The molecule has 0 heterocycles. The zero-order chi connectivity index (χ0) is 14.6. The van der Waals surface area contributed by atoms with Gasteiger partial charge in [-0.3, -0.25) is 0 Å². The summed E-state index contributed by atoms with van der Waals surface area (Å²) in [6.45, 7) is 5.66. The van der Waals surface area contributed by atoms with Crippen LogP contribution in [-0.4, -0.2) is 27.8 Å². The van der Waals surface area contributed by atoms with Crippen molar-refractivity contribution >= 4 is 17.7 Å². The highest BCUT2D eigenvalue weighted by Crippen LogP contribution is 2.27. The summed E-state index contributed by atoms with van der Waals surface area (Å²) in [5.41, 5.74) is -0.582. The van der Waals surface area contributed by atoms with Crippen LogP contribution in [0.1, 0.15) is 37.6 Å². The lowest BCUT2D eigenvalue weighted by Gasteiger charge is -2.24.